The van der Waals surface area contributed by atoms with E-state index in [2.05, 4.69) is 0 Å². The molecule has 26 heavy (non-hydrogen) atoms. The minimum atomic E-state index is -0.489. The van der Waals surface area contributed by atoms with Crippen molar-refractivity contribution in [3.05, 3.63) is 71.8 Å². The Kier molecular flexibility index (Phi) is 3.97. The minimum absolute atomic E-state index is 0.291. The van der Waals surface area contributed by atoms with Gasteiger partial charge in [0.05, 0.1) is 12.7 Å². The van der Waals surface area contributed by atoms with Crippen LogP contribution in [0.2, 0.25) is 0 Å². The Balaban J connectivity index is 1.72. The lowest BCUT2D eigenvalue weighted by Crippen LogP contribution is -2.05. The fraction of sp³-hybridized carbons (Fsp3) is 0.0952. The molecule has 0 aliphatic rings. The van der Waals surface area contributed by atoms with Gasteiger partial charge in [-0.05, 0) is 35.9 Å². The monoisotopic (exact) mass is 347 g/mol. The molecule has 5 heteroatoms. The van der Waals surface area contributed by atoms with Gasteiger partial charge in [-0.2, -0.15) is 0 Å². The Morgan fingerprint density at radius 1 is 1.00 bits per heavy atom. The van der Waals surface area contributed by atoms with E-state index in [0.717, 1.165) is 22.1 Å². The molecule has 4 aromatic rings. The molecule has 5 nitrogen and oxygen atoms in total. The number of benzene rings is 3. The molecule has 4 rings (SSSR count). The number of anilines is 1. The number of methoxy groups -OCH3 is 1. The van der Waals surface area contributed by atoms with E-state index in [-0.39, 0.29) is 0 Å². The molecule has 2 N–H and O–H groups in total. The number of hydrogen-bond donors (Lipinski definition) is 1. The van der Waals surface area contributed by atoms with Crippen LogP contribution in [0, 0.1) is 0 Å². The van der Waals surface area contributed by atoms with Gasteiger partial charge in [-0.25, -0.2) is 4.79 Å². The molecule has 0 spiro atoms. The molecule has 0 amide bonds. The van der Waals surface area contributed by atoms with E-state index in [1.54, 1.807) is 12.1 Å². The lowest BCUT2D eigenvalue weighted by molar-refractivity contribution is 0.0602. The Bertz CT molecular complexity index is 1100. The Morgan fingerprint density at radius 3 is 2.54 bits per heavy atom. The summed E-state index contributed by atoms with van der Waals surface area (Å²) in [6.07, 6.45) is 0. The maximum atomic E-state index is 11.8. The molecule has 0 saturated heterocycles. The van der Waals surface area contributed by atoms with E-state index < -0.39 is 5.97 Å². The number of carbonyl (C=O) groups excluding carboxylic acids is 1. The van der Waals surface area contributed by atoms with Gasteiger partial charge in [-0.15, -0.1) is 0 Å². The average molecular weight is 347 g/mol. The van der Waals surface area contributed by atoms with Crippen molar-refractivity contribution in [2.24, 2.45) is 0 Å². The zero-order chi connectivity index (χ0) is 18.1. The standard InChI is InChI=1S/C21H17NO4/c1-24-21(23)17-11-20-16(10-18(17)22)15-9-14(7-8-19(15)26-20)25-12-13-5-3-2-4-6-13/h2-11H,12,22H2,1H3. The Hall–Kier alpha value is -3.47. The molecule has 1 aromatic heterocycles. The van der Waals surface area contributed by atoms with Crippen LogP contribution >= 0.6 is 0 Å². The normalized spacial score (nSPS) is 11.0. The molecule has 0 saturated carbocycles. The van der Waals surface area contributed by atoms with Crippen LogP contribution in [-0.2, 0) is 11.3 Å². The fourth-order valence-electron chi connectivity index (χ4n) is 2.94. The van der Waals surface area contributed by atoms with Crippen LogP contribution in [0.15, 0.2) is 65.1 Å². The minimum Gasteiger partial charge on any atom is -0.489 e. The number of fused-ring (bicyclic) bond motifs is 3. The van der Waals surface area contributed by atoms with Crippen LogP contribution in [0.3, 0.4) is 0 Å². The largest absolute Gasteiger partial charge is 0.489 e. The summed E-state index contributed by atoms with van der Waals surface area (Å²) in [5.41, 5.74) is 9.03. The van der Waals surface area contributed by atoms with E-state index in [9.17, 15) is 4.79 Å². The number of esters is 1. The number of nitrogens with two attached hydrogens (primary N) is 1. The van der Waals surface area contributed by atoms with Crippen molar-refractivity contribution in [3.63, 3.8) is 0 Å². The number of furan rings is 1. The number of hydrogen-bond acceptors (Lipinski definition) is 5. The lowest BCUT2D eigenvalue weighted by Gasteiger charge is -2.06. The van der Waals surface area contributed by atoms with Gasteiger partial charge in [-0.1, -0.05) is 30.3 Å². The first kappa shape index (κ1) is 16.0. The first-order valence-corrected chi connectivity index (χ1v) is 8.16. The molecule has 0 fully saturated rings. The summed E-state index contributed by atoms with van der Waals surface area (Å²) in [7, 11) is 1.32. The van der Waals surface area contributed by atoms with E-state index in [1.165, 1.54) is 7.11 Å². The lowest BCUT2D eigenvalue weighted by atomic mass is 10.1. The van der Waals surface area contributed by atoms with Crippen molar-refractivity contribution in [3.8, 4) is 5.75 Å². The third-order valence-corrected chi connectivity index (χ3v) is 4.27. The molecular formula is C21H17NO4. The summed E-state index contributed by atoms with van der Waals surface area (Å²) < 4.78 is 16.5. The number of ether oxygens (including phenoxy) is 2. The van der Waals surface area contributed by atoms with Gasteiger partial charge in [0, 0.05) is 16.5 Å². The summed E-state index contributed by atoms with van der Waals surface area (Å²) in [4.78, 5) is 11.8. The van der Waals surface area contributed by atoms with Gasteiger partial charge in [0.25, 0.3) is 0 Å². The van der Waals surface area contributed by atoms with Crippen LogP contribution in [-0.4, -0.2) is 13.1 Å². The van der Waals surface area contributed by atoms with E-state index in [0.29, 0.717) is 29.0 Å². The van der Waals surface area contributed by atoms with Crippen molar-refractivity contribution in [2.45, 2.75) is 6.61 Å². The highest BCUT2D eigenvalue weighted by atomic mass is 16.5. The molecule has 1 heterocycles. The average Bonchev–Trinajstić information content (AvgIpc) is 3.02. The zero-order valence-electron chi connectivity index (χ0n) is 14.2. The number of nitrogen functional groups attached to an aromatic ring is 1. The Labute approximate surface area is 149 Å². The van der Waals surface area contributed by atoms with Gasteiger partial charge in [0.2, 0.25) is 0 Å². The highest BCUT2D eigenvalue weighted by Crippen LogP contribution is 2.34. The highest BCUT2D eigenvalue weighted by molar-refractivity contribution is 6.09. The predicted octanol–water partition coefficient (Wildman–Crippen LogP) is 4.53. The van der Waals surface area contributed by atoms with Crippen molar-refractivity contribution < 1.29 is 18.7 Å². The van der Waals surface area contributed by atoms with Gasteiger partial charge in [0.15, 0.2) is 0 Å². The second-order valence-corrected chi connectivity index (χ2v) is 5.96. The zero-order valence-corrected chi connectivity index (χ0v) is 14.2. The summed E-state index contributed by atoms with van der Waals surface area (Å²) in [5.74, 6) is 0.247. The summed E-state index contributed by atoms with van der Waals surface area (Å²) >= 11 is 0. The highest BCUT2D eigenvalue weighted by Gasteiger charge is 2.16. The predicted molar refractivity (Wildman–Crippen MR) is 100 cm³/mol. The van der Waals surface area contributed by atoms with E-state index in [4.69, 9.17) is 19.6 Å². The molecular weight excluding hydrogens is 330 g/mol. The summed E-state index contributed by atoms with van der Waals surface area (Å²) in [6, 6.07) is 18.9. The quantitative estimate of drug-likeness (QED) is 0.433. The molecule has 3 aromatic carbocycles. The molecule has 130 valence electrons. The van der Waals surface area contributed by atoms with Gasteiger partial charge in [0.1, 0.15) is 23.5 Å². The van der Waals surface area contributed by atoms with Gasteiger partial charge in [-0.3, -0.25) is 0 Å². The van der Waals surface area contributed by atoms with Crippen LogP contribution in [0.5, 0.6) is 5.75 Å². The maximum Gasteiger partial charge on any atom is 0.340 e. The smallest absolute Gasteiger partial charge is 0.340 e. The van der Waals surface area contributed by atoms with Crippen LogP contribution in [0.4, 0.5) is 5.69 Å². The first-order valence-electron chi connectivity index (χ1n) is 8.16. The van der Waals surface area contributed by atoms with Crippen LogP contribution in [0.1, 0.15) is 15.9 Å². The molecule has 0 radical (unpaired) electrons. The number of carbonyl (C=O) groups is 1. The maximum absolute atomic E-state index is 11.8. The third-order valence-electron chi connectivity index (χ3n) is 4.27. The SMILES string of the molecule is COC(=O)c1cc2oc3ccc(OCc4ccccc4)cc3c2cc1N. The van der Waals surface area contributed by atoms with Gasteiger partial charge >= 0.3 is 5.97 Å². The topological polar surface area (TPSA) is 74.7 Å². The number of rotatable bonds is 4. The summed E-state index contributed by atoms with van der Waals surface area (Å²) in [5, 5.41) is 1.71. The van der Waals surface area contributed by atoms with Crippen molar-refractivity contribution >= 4 is 33.6 Å². The molecule has 0 unspecified atom stereocenters. The molecule has 0 aliphatic heterocycles. The van der Waals surface area contributed by atoms with E-state index >= 15 is 0 Å². The fourth-order valence-corrected chi connectivity index (χ4v) is 2.94. The first-order chi connectivity index (χ1) is 12.7. The second kappa shape index (κ2) is 6.44. The third kappa shape index (κ3) is 2.84. The van der Waals surface area contributed by atoms with Crippen molar-refractivity contribution in [1.82, 2.24) is 0 Å². The Morgan fingerprint density at radius 2 is 1.77 bits per heavy atom. The summed E-state index contributed by atoms with van der Waals surface area (Å²) in [6.45, 7) is 0.483. The van der Waals surface area contributed by atoms with Crippen molar-refractivity contribution in [1.29, 1.82) is 0 Å². The molecule has 0 atom stereocenters. The van der Waals surface area contributed by atoms with Gasteiger partial charge < -0.3 is 19.6 Å². The van der Waals surface area contributed by atoms with Crippen molar-refractivity contribution in [2.75, 3.05) is 12.8 Å². The second-order valence-electron chi connectivity index (χ2n) is 5.96. The molecule has 0 bridgehead atoms. The van der Waals surface area contributed by atoms with Crippen LogP contribution < -0.4 is 10.5 Å². The van der Waals surface area contributed by atoms with Crippen LogP contribution in [0.25, 0.3) is 21.9 Å². The molecule has 0 aliphatic carbocycles. The van der Waals surface area contributed by atoms with E-state index in [1.807, 2.05) is 48.5 Å².